The number of nitrogens with two attached hydrogens (primary N) is 2. The number of hydrogen-bond acceptors (Lipinski definition) is 21. The van der Waals surface area contributed by atoms with E-state index in [-0.39, 0.29) is 106 Å². The van der Waals surface area contributed by atoms with Gasteiger partial charge in [-0.25, -0.2) is 33.9 Å². The molecule has 4 rings (SSSR count). The van der Waals surface area contributed by atoms with E-state index in [9.17, 15) is 102 Å². The number of rotatable bonds is 45. The summed E-state index contributed by atoms with van der Waals surface area (Å²) < 4.78 is 0. The van der Waals surface area contributed by atoms with Crippen LogP contribution >= 0.6 is 0 Å². The van der Waals surface area contributed by atoms with Gasteiger partial charge in [0, 0.05) is 56.4 Å². The topological polar surface area (TPSA) is 609 Å². The van der Waals surface area contributed by atoms with E-state index in [4.69, 9.17) is 23.0 Å². The maximum Gasteiger partial charge on any atom is 0.326 e. The number of Topliss-reactive ketones (excluding diaryl/α,β-unsaturated/α-hetero) is 2. The summed E-state index contributed by atoms with van der Waals surface area (Å²) in [5, 5.41) is 78.4. The van der Waals surface area contributed by atoms with Crippen molar-refractivity contribution in [3.05, 3.63) is 87.5 Å². The number of carbonyl (C=O) groups excluding carboxylic acids is 9. The number of nitrogens with zero attached hydrogens (tertiary/aromatic N) is 3. The Morgan fingerprint density at radius 1 is 0.556 bits per heavy atom. The third-order valence-corrected chi connectivity index (χ3v) is 14.7. The number of hydrogen-bond donors (Lipinski definition) is 18. The molecule has 0 aliphatic heterocycles. The summed E-state index contributed by atoms with van der Waals surface area (Å²) in [6, 6.07) is 1.18. The summed E-state index contributed by atoms with van der Waals surface area (Å²) >= 11 is 0. The van der Waals surface area contributed by atoms with Gasteiger partial charge in [-0.1, -0.05) is 37.1 Å². The number of nitrogens with one attached hydrogen (secondary N) is 10. The number of carboxylic acid groups (broad SMARTS) is 6. The third kappa shape index (κ3) is 29.2. The first-order valence-corrected chi connectivity index (χ1v) is 30.7. The molecule has 7 atom stereocenters. The van der Waals surface area contributed by atoms with Crippen LogP contribution in [0.5, 0.6) is 0 Å². The normalized spacial score (nSPS) is 12.9. The van der Waals surface area contributed by atoms with Crippen molar-refractivity contribution in [2.75, 3.05) is 17.6 Å². The number of H-pyrrole nitrogens is 1. The van der Waals surface area contributed by atoms with Crippen LogP contribution in [0.4, 0.5) is 21.2 Å². The SMILES string of the molecule is C#CC[C@H](NC(=O)[C@H](CC(=O)O)CC(=O)[C@H](CC(=O)O)NC(=O)Cc1ccc(CNC(=O)NCCCC[C@H](NC(=O)N[C@@H](CCC(=O)O)C(=O)O)C(=O)O)cc1)C(=O)N[C@@H](CCCCCC(=O)CC[C@H](NC(=O)c1ccc(NCc2cnc3nc(N)[nH]c(=O)c3n2)cc1)C(=O)O)C(N)=O. The predicted molar refractivity (Wildman–Crippen MR) is 344 cm³/mol. The van der Waals surface area contributed by atoms with Gasteiger partial charge in [-0.2, -0.15) is 4.98 Å². The average Bonchev–Trinajstić information content (AvgIpc) is 0.815. The molecule has 2 aromatic heterocycles. The van der Waals surface area contributed by atoms with Gasteiger partial charge in [-0.05, 0) is 80.3 Å². The van der Waals surface area contributed by atoms with Crippen molar-refractivity contribution in [1.29, 1.82) is 0 Å². The van der Waals surface area contributed by atoms with Gasteiger partial charge < -0.3 is 90.0 Å². The Kier molecular flexibility index (Phi) is 32.3. The second kappa shape index (κ2) is 40.3. The van der Waals surface area contributed by atoms with Crippen molar-refractivity contribution in [2.45, 2.75) is 158 Å². The van der Waals surface area contributed by atoms with E-state index in [1.54, 1.807) is 24.3 Å². The highest BCUT2D eigenvalue weighted by Crippen LogP contribution is 2.18. The van der Waals surface area contributed by atoms with Crippen molar-refractivity contribution in [3.63, 3.8) is 0 Å². The second-order valence-corrected chi connectivity index (χ2v) is 22.5. The van der Waals surface area contributed by atoms with Gasteiger partial charge in [0.05, 0.1) is 49.7 Å². The van der Waals surface area contributed by atoms with Gasteiger partial charge >= 0.3 is 47.9 Å². The number of carboxylic acids is 6. The number of benzene rings is 2. The molecule has 0 saturated heterocycles. The Bertz CT molecular complexity index is 3710. The molecule has 2 aromatic carbocycles. The number of urea groups is 2. The quantitative estimate of drug-likeness (QED) is 0.0190. The van der Waals surface area contributed by atoms with E-state index < -0.39 is 176 Å². The maximum absolute atomic E-state index is 13.6. The first-order chi connectivity index (χ1) is 46.9. The third-order valence-electron chi connectivity index (χ3n) is 14.7. The number of aromatic nitrogens is 4. The van der Waals surface area contributed by atoms with Gasteiger partial charge in [-0.3, -0.25) is 57.7 Å². The minimum atomic E-state index is -1.77. The lowest BCUT2D eigenvalue weighted by molar-refractivity contribution is -0.144. The summed E-state index contributed by atoms with van der Waals surface area (Å²) in [5.74, 6) is -14.6. The van der Waals surface area contributed by atoms with Crippen LogP contribution in [0.1, 0.15) is 130 Å². The number of aliphatic carboxylic acids is 6. The molecular weight excluding hydrogens is 1310 g/mol. The highest BCUT2D eigenvalue weighted by molar-refractivity contribution is 5.99. The number of fused-ring (bicyclic) bond motifs is 1. The van der Waals surface area contributed by atoms with Crippen LogP contribution in [-0.4, -0.2) is 182 Å². The lowest BCUT2D eigenvalue weighted by Crippen LogP contribution is -2.54. The number of anilines is 2. The number of amides is 9. The van der Waals surface area contributed by atoms with Crippen molar-refractivity contribution in [3.8, 4) is 12.3 Å². The van der Waals surface area contributed by atoms with Crippen LogP contribution in [0.3, 0.4) is 0 Å². The summed E-state index contributed by atoms with van der Waals surface area (Å²) in [4.78, 5) is 213. The molecule has 99 heavy (non-hydrogen) atoms. The average molecular weight is 1380 g/mol. The Morgan fingerprint density at radius 2 is 1.15 bits per heavy atom. The molecule has 37 nitrogen and oxygen atoms in total. The zero-order valence-electron chi connectivity index (χ0n) is 53.2. The van der Waals surface area contributed by atoms with Crippen molar-refractivity contribution in [2.24, 2.45) is 11.7 Å². The first kappa shape index (κ1) is 79.3. The number of primary amides is 1. The molecule has 4 aromatic rings. The largest absolute Gasteiger partial charge is 0.481 e. The van der Waals surface area contributed by atoms with Crippen LogP contribution in [0.15, 0.2) is 59.5 Å². The highest BCUT2D eigenvalue weighted by atomic mass is 16.4. The number of terminal acetylenes is 1. The van der Waals surface area contributed by atoms with Crippen LogP contribution < -0.4 is 64.9 Å². The molecule has 0 aliphatic rings. The minimum Gasteiger partial charge on any atom is -0.481 e. The predicted octanol–water partition coefficient (Wildman–Crippen LogP) is -0.839. The molecule has 0 bridgehead atoms. The molecule has 0 unspecified atom stereocenters. The lowest BCUT2D eigenvalue weighted by atomic mass is 9.93. The Labute approximate surface area is 562 Å². The van der Waals surface area contributed by atoms with Gasteiger partial charge in [0.2, 0.25) is 29.6 Å². The fourth-order valence-corrected chi connectivity index (χ4v) is 9.48. The molecule has 0 spiro atoms. The molecule has 0 saturated carbocycles. The number of carbonyl (C=O) groups is 15. The summed E-state index contributed by atoms with van der Waals surface area (Å²) in [7, 11) is 0. The molecule has 532 valence electrons. The molecular formula is C62H77N15O22. The van der Waals surface area contributed by atoms with Gasteiger partial charge in [0.1, 0.15) is 36.0 Å². The number of ketones is 2. The Morgan fingerprint density at radius 3 is 1.77 bits per heavy atom. The van der Waals surface area contributed by atoms with Crippen LogP contribution in [0.2, 0.25) is 0 Å². The molecule has 37 heteroatoms. The van der Waals surface area contributed by atoms with Gasteiger partial charge in [-0.15, -0.1) is 12.3 Å². The van der Waals surface area contributed by atoms with Crippen molar-refractivity contribution in [1.82, 2.24) is 62.5 Å². The van der Waals surface area contributed by atoms with E-state index in [1.807, 2.05) is 5.32 Å². The standard InChI is InChI=1S/C62H77N15O22/c1-2-8-40(55(90)71-39(51(63)87)10-5-3-4-9-38(78)20-21-42(58(94)95)73-53(88)34-16-18-36(19-17-34)66-30-37-31-67-52-50(69-37)56(91)77-60(64)76-52)72-54(89)35(27-48(83)84)26-45(79)44(28-49(85)86)70-46(80)25-32-12-14-33(15-13-32)29-68-61(98)65-24-7-6-11-41(57(92)93)74-62(99)75-43(59(96)97)22-23-47(81)82/h1,12-19,31,35,39-44,66H,3-11,20-30H2,(H2,63,87)(H,70,80)(H,71,90)(H,72,89)(H,73,88)(H,81,82)(H,83,84)(H,85,86)(H,92,93)(H,94,95)(H,96,97)(H2,65,68,98)(H2,74,75,99)(H3,64,67,76,77,91)/t35-,39-,40-,41-,42-,43-,44-/m0/s1. The Balaban J connectivity index is 1.19. The van der Waals surface area contributed by atoms with Crippen molar-refractivity contribution >= 4 is 112 Å². The van der Waals surface area contributed by atoms with E-state index in [0.717, 1.165) is 0 Å². The van der Waals surface area contributed by atoms with E-state index in [0.29, 0.717) is 28.9 Å². The number of unbranched alkanes of at least 4 members (excludes halogenated alkanes) is 3. The number of nitrogen functional groups attached to an aromatic ring is 1. The van der Waals surface area contributed by atoms with Gasteiger partial charge in [0.25, 0.3) is 11.5 Å². The molecule has 0 radical (unpaired) electrons. The van der Waals surface area contributed by atoms with E-state index in [1.165, 1.54) is 30.5 Å². The molecule has 2 heterocycles. The lowest BCUT2D eigenvalue weighted by Gasteiger charge is -2.23. The van der Waals surface area contributed by atoms with Crippen LogP contribution in [0.25, 0.3) is 11.2 Å². The fourth-order valence-electron chi connectivity index (χ4n) is 9.48. The second-order valence-electron chi connectivity index (χ2n) is 22.5. The minimum absolute atomic E-state index is 0.00870. The van der Waals surface area contributed by atoms with E-state index in [2.05, 4.69) is 68.4 Å². The van der Waals surface area contributed by atoms with E-state index >= 15 is 0 Å². The molecule has 20 N–H and O–H groups in total. The first-order valence-electron chi connectivity index (χ1n) is 30.7. The van der Waals surface area contributed by atoms with Crippen LogP contribution in [0, 0.1) is 18.3 Å². The zero-order valence-corrected chi connectivity index (χ0v) is 53.2. The van der Waals surface area contributed by atoms with Crippen molar-refractivity contribution < 1.29 is 103 Å². The van der Waals surface area contributed by atoms with Gasteiger partial charge in [0.15, 0.2) is 16.9 Å². The monoisotopic (exact) mass is 1380 g/mol. The molecule has 0 aliphatic carbocycles. The number of aromatic amines is 1. The summed E-state index contributed by atoms with van der Waals surface area (Å²) in [6.45, 7) is 0.209. The summed E-state index contributed by atoms with van der Waals surface area (Å²) in [6.07, 6.45) is 2.66. The molecule has 9 amide bonds. The molecule has 0 fully saturated rings. The highest BCUT2D eigenvalue weighted by Gasteiger charge is 2.34. The maximum atomic E-state index is 13.6. The summed E-state index contributed by atoms with van der Waals surface area (Å²) in [5.41, 5.74) is 12.6. The fraction of sp³-hybridized carbons (Fsp3) is 0.435. The van der Waals surface area contributed by atoms with Crippen LogP contribution in [-0.2, 0) is 77.0 Å². The Hall–Kier alpha value is -12.1. The smallest absolute Gasteiger partial charge is 0.326 e. The zero-order chi connectivity index (χ0) is 73.3.